The van der Waals surface area contributed by atoms with E-state index < -0.39 is 10.0 Å². The SMILES string of the molecule is CCCN(CC)S(=O)(=O)c1ccc(CCl)cn1. The van der Waals surface area contributed by atoms with E-state index in [1.54, 1.807) is 6.07 Å². The van der Waals surface area contributed by atoms with Crippen LogP contribution in [0.2, 0.25) is 0 Å². The fraction of sp³-hybridized carbons (Fsp3) is 0.545. The molecule has 0 aliphatic heterocycles. The molecule has 0 spiro atoms. The predicted octanol–water partition coefficient (Wildman–Crippen LogP) is 2.24. The van der Waals surface area contributed by atoms with Crippen LogP contribution in [0.4, 0.5) is 0 Å². The number of rotatable bonds is 6. The summed E-state index contributed by atoms with van der Waals surface area (Å²) in [6.07, 6.45) is 2.28. The predicted molar refractivity (Wildman–Crippen MR) is 68.5 cm³/mol. The summed E-state index contributed by atoms with van der Waals surface area (Å²) in [5.41, 5.74) is 0.809. The van der Waals surface area contributed by atoms with Crippen LogP contribution >= 0.6 is 11.6 Å². The molecule has 0 amide bonds. The fourth-order valence-electron chi connectivity index (χ4n) is 1.47. The summed E-state index contributed by atoms with van der Waals surface area (Å²) < 4.78 is 25.8. The summed E-state index contributed by atoms with van der Waals surface area (Å²) in [6.45, 7) is 4.73. The van der Waals surface area contributed by atoms with E-state index in [2.05, 4.69) is 4.98 Å². The van der Waals surface area contributed by atoms with Gasteiger partial charge in [0.1, 0.15) is 0 Å². The Morgan fingerprint density at radius 2 is 2.06 bits per heavy atom. The van der Waals surface area contributed by atoms with Gasteiger partial charge in [0, 0.05) is 25.2 Å². The molecule has 0 aliphatic carbocycles. The molecule has 0 saturated carbocycles. The molecule has 96 valence electrons. The molecular formula is C11H17ClN2O2S. The number of nitrogens with zero attached hydrogens (tertiary/aromatic N) is 2. The second-order valence-corrected chi connectivity index (χ2v) is 5.79. The lowest BCUT2D eigenvalue weighted by Crippen LogP contribution is -2.32. The van der Waals surface area contributed by atoms with Crippen molar-refractivity contribution in [3.8, 4) is 0 Å². The van der Waals surface area contributed by atoms with Crippen molar-refractivity contribution in [2.45, 2.75) is 31.2 Å². The summed E-state index contributed by atoms with van der Waals surface area (Å²) in [5, 5.41) is 0.0849. The van der Waals surface area contributed by atoms with E-state index in [0.717, 1.165) is 12.0 Å². The van der Waals surface area contributed by atoms with Crippen molar-refractivity contribution in [3.05, 3.63) is 23.9 Å². The van der Waals surface area contributed by atoms with Crippen LogP contribution in [0.25, 0.3) is 0 Å². The molecular weight excluding hydrogens is 260 g/mol. The highest BCUT2D eigenvalue weighted by atomic mass is 35.5. The van der Waals surface area contributed by atoms with Gasteiger partial charge < -0.3 is 0 Å². The lowest BCUT2D eigenvalue weighted by Gasteiger charge is -2.18. The number of hydrogen-bond acceptors (Lipinski definition) is 3. The first-order chi connectivity index (χ1) is 8.06. The van der Waals surface area contributed by atoms with E-state index in [9.17, 15) is 8.42 Å². The molecule has 0 bridgehead atoms. The van der Waals surface area contributed by atoms with Gasteiger partial charge in [-0.25, -0.2) is 13.4 Å². The molecule has 0 atom stereocenters. The Hall–Kier alpha value is -0.650. The highest BCUT2D eigenvalue weighted by Gasteiger charge is 2.23. The normalized spacial score (nSPS) is 12.0. The Morgan fingerprint density at radius 3 is 2.47 bits per heavy atom. The van der Waals surface area contributed by atoms with Crippen molar-refractivity contribution in [2.24, 2.45) is 0 Å². The standard InChI is InChI=1S/C11H17ClN2O2S/c1-3-7-14(4-2)17(15,16)11-6-5-10(8-12)9-13-11/h5-6,9H,3-4,7-8H2,1-2H3. The first-order valence-electron chi connectivity index (χ1n) is 5.57. The van der Waals surface area contributed by atoms with Crippen LogP contribution in [-0.2, 0) is 15.9 Å². The largest absolute Gasteiger partial charge is 0.260 e. The lowest BCUT2D eigenvalue weighted by molar-refractivity contribution is 0.425. The zero-order valence-electron chi connectivity index (χ0n) is 10.1. The summed E-state index contributed by atoms with van der Waals surface area (Å²) in [5.74, 6) is 0.333. The Bertz CT molecular complexity index is 445. The van der Waals surface area contributed by atoms with Gasteiger partial charge in [-0.2, -0.15) is 4.31 Å². The molecule has 4 nitrogen and oxygen atoms in total. The van der Waals surface area contributed by atoms with Crippen LogP contribution in [-0.4, -0.2) is 30.8 Å². The summed E-state index contributed by atoms with van der Waals surface area (Å²) in [4.78, 5) is 3.96. The Balaban J connectivity index is 3.02. The highest BCUT2D eigenvalue weighted by Crippen LogP contribution is 2.14. The van der Waals surface area contributed by atoms with Crippen molar-refractivity contribution in [3.63, 3.8) is 0 Å². The number of aromatic nitrogens is 1. The summed E-state index contributed by atoms with van der Waals surface area (Å²) in [6, 6.07) is 3.19. The van der Waals surface area contributed by atoms with Gasteiger partial charge in [-0.3, -0.25) is 0 Å². The molecule has 0 radical (unpaired) electrons. The molecule has 1 heterocycles. The third-order valence-electron chi connectivity index (χ3n) is 2.38. The van der Waals surface area contributed by atoms with E-state index in [4.69, 9.17) is 11.6 Å². The topological polar surface area (TPSA) is 50.3 Å². The number of pyridine rings is 1. The zero-order chi connectivity index (χ0) is 12.9. The molecule has 1 aromatic heterocycles. The zero-order valence-corrected chi connectivity index (χ0v) is 11.6. The Kier molecular flexibility index (Phi) is 5.36. The maximum absolute atomic E-state index is 12.2. The van der Waals surface area contributed by atoms with Crippen LogP contribution in [0, 0.1) is 0 Å². The molecule has 0 aromatic carbocycles. The van der Waals surface area contributed by atoms with E-state index in [1.165, 1.54) is 16.6 Å². The number of halogens is 1. The maximum atomic E-state index is 12.2. The van der Waals surface area contributed by atoms with Gasteiger partial charge in [0.2, 0.25) is 0 Å². The minimum absolute atomic E-state index is 0.0849. The average Bonchev–Trinajstić information content (AvgIpc) is 2.35. The van der Waals surface area contributed by atoms with Gasteiger partial charge in [-0.15, -0.1) is 11.6 Å². The van der Waals surface area contributed by atoms with Gasteiger partial charge in [0.15, 0.2) is 5.03 Å². The van der Waals surface area contributed by atoms with E-state index >= 15 is 0 Å². The Labute approximate surface area is 108 Å². The minimum Gasteiger partial charge on any atom is -0.243 e. The number of sulfonamides is 1. The fourth-order valence-corrected chi connectivity index (χ4v) is 3.08. The maximum Gasteiger partial charge on any atom is 0.260 e. The molecule has 1 rings (SSSR count). The second-order valence-electron chi connectivity index (χ2n) is 3.64. The second kappa shape index (κ2) is 6.33. The van der Waals surface area contributed by atoms with Crippen LogP contribution in [0.15, 0.2) is 23.4 Å². The van der Waals surface area contributed by atoms with Gasteiger partial charge >= 0.3 is 0 Å². The molecule has 0 fully saturated rings. The van der Waals surface area contributed by atoms with Crippen LogP contribution in [0.5, 0.6) is 0 Å². The quantitative estimate of drug-likeness (QED) is 0.749. The molecule has 6 heteroatoms. The smallest absolute Gasteiger partial charge is 0.243 e. The van der Waals surface area contributed by atoms with Crippen molar-refractivity contribution in [1.29, 1.82) is 0 Å². The van der Waals surface area contributed by atoms with E-state index in [1.807, 2.05) is 13.8 Å². The van der Waals surface area contributed by atoms with Crippen LogP contribution in [0.3, 0.4) is 0 Å². The van der Waals surface area contributed by atoms with Crippen molar-refractivity contribution in [2.75, 3.05) is 13.1 Å². The van der Waals surface area contributed by atoms with E-state index in [0.29, 0.717) is 19.0 Å². The third-order valence-corrected chi connectivity index (χ3v) is 4.58. The average molecular weight is 277 g/mol. The third kappa shape index (κ3) is 3.40. The highest BCUT2D eigenvalue weighted by molar-refractivity contribution is 7.89. The first-order valence-corrected chi connectivity index (χ1v) is 7.54. The molecule has 0 unspecified atom stereocenters. The van der Waals surface area contributed by atoms with Crippen LogP contribution < -0.4 is 0 Å². The molecule has 0 N–H and O–H groups in total. The number of alkyl halides is 1. The monoisotopic (exact) mass is 276 g/mol. The van der Waals surface area contributed by atoms with Gasteiger partial charge in [0.25, 0.3) is 10.0 Å². The molecule has 0 aliphatic rings. The summed E-state index contributed by atoms with van der Waals surface area (Å²) in [7, 11) is -3.46. The molecule has 0 saturated heterocycles. The molecule has 17 heavy (non-hydrogen) atoms. The van der Waals surface area contributed by atoms with Crippen LogP contribution in [0.1, 0.15) is 25.8 Å². The summed E-state index contributed by atoms with van der Waals surface area (Å²) >= 11 is 5.63. The van der Waals surface area contributed by atoms with E-state index in [-0.39, 0.29) is 5.03 Å². The minimum atomic E-state index is -3.46. The first kappa shape index (κ1) is 14.4. The van der Waals surface area contributed by atoms with Crippen molar-refractivity contribution < 1.29 is 8.42 Å². The lowest BCUT2D eigenvalue weighted by atomic mass is 10.3. The molecule has 1 aromatic rings. The van der Waals surface area contributed by atoms with Gasteiger partial charge in [0.05, 0.1) is 0 Å². The van der Waals surface area contributed by atoms with Crippen molar-refractivity contribution in [1.82, 2.24) is 9.29 Å². The van der Waals surface area contributed by atoms with Crippen molar-refractivity contribution >= 4 is 21.6 Å². The number of hydrogen-bond donors (Lipinski definition) is 0. The Morgan fingerprint density at radius 1 is 1.35 bits per heavy atom. The van der Waals surface area contributed by atoms with Gasteiger partial charge in [-0.1, -0.05) is 19.9 Å². The van der Waals surface area contributed by atoms with Gasteiger partial charge in [-0.05, 0) is 18.1 Å².